The lowest BCUT2D eigenvalue weighted by Crippen LogP contribution is -2.47. The number of hydrogen-bond acceptors (Lipinski definition) is 6. The number of hydrogen-bond donors (Lipinski definition) is 4. The van der Waals surface area contributed by atoms with Crippen molar-refractivity contribution in [1.29, 1.82) is 0 Å². The fraction of sp³-hybridized carbons (Fsp3) is 0.682. The molecule has 1 aromatic rings. The number of piperazine rings is 2. The van der Waals surface area contributed by atoms with Gasteiger partial charge in [-0.15, -0.1) is 0 Å². The number of nitrogens with one attached hydrogen (secondary N) is 2. The number of carboxylic acids is 1. The van der Waals surface area contributed by atoms with Crippen molar-refractivity contribution >= 4 is 5.97 Å². The second-order valence-electron chi connectivity index (χ2n) is 8.22. The van der Waals surface area contributed by atoms with E-state index in [0.717, 1.165) is 12.1 Å². The van der Waals surface area contributed by atoms with Crippen molar-refractivity contribution in [3.8, 4) is 0 Å². The zero-order valence-electron chi connectivity index (χ0n) is 17.3. The molecule has 1 aromatic carbocycles. The highest BCUT2D eigenvalue weighted by Crippen LogP contribution is 2.18. The Bertz CT molecular complexity index is 565. The van der Waals surface area contributed by atoms with E-state index in [9.17, 15) is 4.79 Å². The van der Waals surface area contributed by atoms with E-state index in [2.05, 4.69) is 20.4 Å². The fourth-order valence-corrected chi connectivity index (χ4v) is 4.60. The van der Waals surface area contributed by atoms with Gasteiger partial charge in [0, 0.05) is 51.4 Å². The second kappa shape index (κ2) is 11.6. The monoisotopic (exact) mass is 404 g/mol. The topological polar surface area (TPSA) is 88.1 Å². The highest BCUT2D eigenvalue weighted by Gasteiger charge is 2.26. The average molecular weight is 405 g/mol. The third-order valence-corrected chi connectivity index (χ3v) is 6.26. The summed E-state index contributed by atoms with van der Waals surface area (Å²) in [6.07, 6.45) is 4.29. The summed E-state index contributed by atoms with van der Waals surface area (Å²) in [4.78, 5) is 15.5. The number of aliphatic carboxylic acids is 1. The molecule has 0 aromatic heterocycles. The number of nitrogens with zero attached hydrogens (tertiary/aromatic N) is 2. The van der Waals surface area contributed by atoms with Crippen LogP contribution in [0, 0.1) is 0 Å². The first-order valence-corrected chi connectivity index (χ1v) is 11.0. The molecule has 4 N–H and O–H groups in total. The van der Waals surface area contributed by atoms with E-state index in [1.54, 1.807) is 30.3 Å². The van der Waals surface area contributed by atoms with Gasteiger partial charge in [-0.1, -0.05) is 30.3 Å². The first-order chi connectivity index (χ1) is 14.1. The molecule has 0 aliphatic carbocycles. The number of carboxylic acid groups (broad SMARTS) is 1. The molecule has 0 bridgehead atoms. The highest BCUT2D eigenvalue weighted by molar-refractivity contribution is 5.73. The van der Waals surface area contributed by atoms with Crippen molar-refractivity contribution in [3.63, 3.8) is 0 Å². The summed E-state index contributed by atoms with van der Waals surface area (Å²) in [6.45, 7) is 10.2. The SMILES string of the molecule is C1C[C@@H]2CNCCN2C1.C1C[C@@H]2CNCCN2C1.O=C(O)[C@H](O)c1ccccc1. The number of fused-ring (bicyclic) bond motifs is 2. The van der Waals surface area contributed by atoms with Crippen molar-refractivity contribution in [2.75, 3.05) is 52.4 Å². The number of rotatable bonds is 2. The van der Waals surface area contributed by atoms with Gasteiger partial charge in [0.05, 0.1) is 0 Å². The molecule has 4 fully saturated rings. The van der Waals surface area contributed by atoms with E-state index in [-0.39, 0.29) is 0 Å². The average Bonchev–Trinajstić information content (AvgIpc) is 3.44. The van der Waals surface area contributed by atoms with Crippen LogP contribution in [0.5, 0.6) is 0 Å². The van der Waals surface area contributed by atoms with Gasteiger partial charge in [-0.25, -0.2) is 4.79 Å². The molecule has 4 aliphatic heterocycles. The molecule has 0 radical (unpaired) electrons. The van der Waals surface area contributed by atoms with Crippen molar-refractivity contribution in [1.82, 2.24) is 20.4 Å². The Morgan fingerprint density at radius 3 is 1.86 bits per heavy atom. The summed E-state index contributed by atoms with van der Waals surface area (Å²) in [6, 6.07) is 10.0. The van der Waals surface area contributed by atoms with E-state index in [1.165, 1.54) is 78.0 Å². The third-order valence-electron chi connectivity index (χ3n) is 6.26. The summed E-state index contributed by atoms with van der Waals surface area (Å²) in [5, 5.41) is 24.2. The minimum Gasteiger partial charge on any atom is -0.479 e. The van der Waals surface area contributed by atoms with Crippen LogP contribution in [0.25, 0.3) is 0 Å². The molecular formula is C22H36N4O3. The number of aliphatic hydroxyl groups is 1. The van der Waals surface area contributed by atoms with Crippen molar-refractivity contribution < 1.29 is 15.0 Å². The Morgan fingerprint density at radius 2 is 1.41 bits per heavy atom. The summed E-state index contributed by atoms with van der Waals surface area (Å²) in [5.74, 6) is -1.23. The van der Waals surface area contributed by atoms with Crippen LogP contribution >= 0.6 is 0 Å². The van der Waals surface area contributed by atoms with E-state index < -0.39 is 12.1 Å². The minimum absolute atomic E-state index is 0.403. The molecule has 7 heteroatoms. The van der Waals surface area contributed by atoms with Gasteiger partial charge in [0.1, 0.15) is 0 Å². The number of benzene rings is 1. The van der Waals surface area contributed by atoms with E-state index in [4.69, 9.17) is 10.2 Å². The van der Waals surface area contributed by atoms with Crippen LogP contribution in [0.1, 0.15) is 37.4 Å². The largest absolute Gasteiger partial charge is 0.479 e. The predicted molar refractivity (Wildman–Crippen MR) is 114 cm³/mol. The smallest absolute Gasteiger partial charge is 0.337 e. The Hall–Kier alpha value is -1.51. The van der Waals surface area contributed by atoms with Crippen molar-refractivity contribution in [2.45, 2.75) is 43.9 Å². The normalized spacial score (nSPS) is 27.5. The van der Waals surface area contributed by atoms with Crippen LogP contribution in [0.15, 0.2) is 30.3 Å². The van der Waals surface area contributed by atoms with Gasteiger partial charge in [-0.2, -0.15) is 0 Å². The number of carbonyl (C=O) groups is 1. The summed E-state index contributed by atoms with van der Waals surface area (Å²) >= 11 is 0. The van der Waals surface area contributed by atoms with Gasteiger partial charge in [-0.3, -0.25) is 9.80 Å². The first-order valence-electron chi connectivity index (χ1n) is 11.0. The number of aliphatic hydroxyl groups excluding tert-OH is 1. The molecule has 29 heavy (non-hydrogen) atoms. The van der Waals surface area contributed by atoms with Gasteiger partial charge in [0.15, 0.2) is 6.10 Å². The molecule has 4 heterocycles. The Morgan fingerprint density at radius 1 is 0.897 bits per heavy atom. The van der Waals surface area contributed by atoms with Crippen LogP contribution in [0.4, 0.5) is 0 Å². The molecular weight excluding hydrogens is 368 g/mol. The molecule has 0 unspecified atom stereocenters. The molecule has 4 saturated heterocycles. The molecule has 5 rings (SSSR count). The van der Waals surface area contributed by atoms with Crippen LogP contribution < -0.4 is 10.6 Å². The highest BCUT2D eigenvalue weighted by atomic mass is 16.4. The Kier molecular flexibility index (Phi) is 8.89. The van der Waals surface area contributed by atoms with Gasteiger partial charge in [-0.05, 0) is 44.3 Å². The Labute approximate surface area is 174 Å². The van der Waals surface area contributed by atoms with Crippen LogP contribution in [0.3, 0.4) is 0 Å². The van der Waals surface area contributed by atoms with E-state index in [1.807, 2.05) is 0 Å². The lowest BCUT2D eigenvalue weighted by atomic mass is 10.1. The second-order valence-corrected chi connectivity index (χ2v) is 8.22. The van der Waals surface area contributed by atoms with Gasteiger partial charge in [0.25, 0.3) is 0 Å². The molecule has 0 amide bonds. The zero-order valence-corrected chi connectivity index (χ0v) is 17.3. The summed E-state index contributed by atoms with van der Waals surface area (Å²) in [7, 11) is 0. The Balaban J connectivity index is 0.000000125. The lowest BCUT2D eigenvalue weighted by molar-refractivity contribution is -0.146. The van der Waals surface area contributed by atoms with Gasteiger partial charge < -0.3 is 20.8 Å². The minimum atomic E-state index is -1.41. The quantitative estimate of drug-likeness (QED) is 0.583. The molecule has 3 atom stereocenters. The van der Waals surface area contributed by atoms with E-state index >= 15 is 0 Å². The maximum Gasteiger partial charge on any atom is 0.337 e. The van der Waals surface area contributed by atoms with Crippen molar-refractivity contribution in [2.24, 2.45) is 0 Å². The standard InChI is InChI=1S/C8H8O3.2C7H14N2/c9-7(8(10)11)6-4-2-1-3-5-6;2*1-2-7-6-8-3-5-9(7)4-1/h1-5,7,9H,(H,10,11);2*7-8H,1-6H2/t3*7-/m111/s1. The predicted octanol–water partition coefficient (Wildman–Crippen LogP) is 0.913. The zero-order chi connectivity index (χ0) is 20.5. The molecule has 7 nitrogen and oxygen atoms in total. The maximum atomic E-state index is 10.2. The fourth-order valence-electron chi connectivity index (χ4n) is 4.60. The summed E-state index contributed by atoms with van der Waals surface area (Å²) < 4.78 is 0. The van der Waals surface area contributed by atoms with E-state index in [0.29, 0.717) is 5.56 Å². The van der Waals surface area contributed by atoms with Crippen LogP contribution in [0.2, 0.25) is 0 Å². The molecule has 0 spiro atoms. The van der Waals surface area contributed by atoms with Crippen LogP contribution in [-0.2, 0) is 4.79 Å². The lowest BCUT2D eigenvalue weighted by Gasteiger charge is -2.29. The summed E-state index contributed by atoms with van der Waals surface area (Å²) in [5.41, 5.74) is 0.403. The van der Waals surface area contributed by atoms with Gasteiger partial charge >= 0.3 is 5.97 Å². The van der Waals surface area contributed by atoms with Crippen LogP contribution in [-0.4, -0.2) is 90.4 Å². The first kappa shape index (κ1) is 22.2. The van der Waals surface area contributed by atoms with Crippen molar-refractivity contribution in [3.05, 3.63) is 35.9 Å². The third kappa shape index (κ3) is 6.76. The van der Waals surface area contributed by atoms with Gasteiger partial charge in [0.2, 0.25) is 0 Å². The molecule has 0 saturated carbocycles. The maximum absolute atomic E-state index is 10.2. The molecule has 4 aliphatic rings. The molecule has 162 valence electrons.